The van der Waals surface area contributed by atoms with Crippen LogP contribution in [0.1, 0.15) is 25.5 Å². The summed E-state index contributed by atoms with van der Waals surface area (Å²) in [6.45, 7) is 4.04. The van der Waals surface area contributed by atoms with Gasteiger partial charge in [-0.3, -0.25) is 19.2 Å². The maximum atomic E-state index is 12.7. The van der Waals surface area contributed by atoms with Crippen LogP contribution in [0.3, 0.4) is 0 Å². The van der Waals surface area contributed by atoms with Crippen molar-refractivity contribution < 1.29 is 19.5 Å². The molecule has 0 bridgehead atoms. The Kier molecular flexibility index (Phi) is 5.66. The second-order valence-corrected chi connectivity index (χ2v) is 6.52. The first-order valence-corrected chi connectivity index (χ1v) is 8.27. The molecule has 1 saturated heterocycles. The van der Waals surface area contributed by atoms with E-state index in [0.29, 0.717) is 18.8 Å². The van der Waals surface area contributed by atoms with Gasteiger partial charge in [0.2, 0.25) is 0 Å². The van der Waals surface area contributed by atoms with Gasteiger partial charge < -0.3 is 15.3 Å². The summed E-state index contributed by atoms with van der Waals surface area (Å²) in [6, 6.07) is 0.761. The van der Waals surface area contributed by atoms with Gasteiger partial charge in [0.15, 0.2) is 0 Å². The third kappa shape index (κ3) is 4.28. The normalized spacial score (nSPS) is 18.8. The monoisotopic (exact) mass is 351 g/mol. The lowest BCUT2D eigenvalue weighted by atomic mass is 10.0. The molecule has 2 rings (SSSR count). The third-order valence-electron chi connectivity index (χ3n) is 4.31. The number of carbonyl (C=O) groups is 3. The fraction of sp³-hybridized carbons (Fsp3) is 0.625. The van der Waals surface area contributed by atoms with Crippen molar-refractivity contribution in [1.82, 2.24) is 20.0 Å². The van der Waals surface area contributed by atoms with Gasteiger partial charge in [0.25, 0.3) is 5.91 Å². The number of hydrogen-bond acceptors (Lipinski definition) is 4. The first-order chi connectivity index (χ1) is 11.7. The number of anilines is 1. The van der Waals surface area contributed by atoms with Crippen LogP contribution in [0, 0.1) is 12.8 Å². The van der Waals surface area contributed by atoms with E-state index in [4.69, 9.17) is 5.11 Å². The van der Waals surface area contributed by atoms with Crippen LogP contribution in [-0.2, 0) is 16.6 Å². The molecule has 0 saturated carbocycles. The van der Waals surface area contributed by atoms with Crippen LogP contribution in [0.2, 0.25) is 0 Å². The molecule has 138 valence electrons. The molecule has 0 radical (unpaired) electrons. The van der Waals surface area contributed by atoms with Gasteiger partial charge in [0.1, 0.15) is 11.9 Å². The Bertz CT molecular complexity index is 671. The number of amides is 3. The molecule has 1 fully saturated rings. The number of carboxylic acid groups (broad SMARTS) is 1. The molecule has 0 aromatic carbocycles. The summed E-state index contributed by atoms with van der Waals surface area (Å²) in [5.41, 5.74) is 0.818. The smallest absolute Gasteiger partial charge is 0.317 e. The van der Waals surface area contributed by atoms with Crippen molar-refractivity contribution in [3.05, 3.63) is 11.8 Å². The number of urea groups is 1. The summed E-state index contributed by atoms with van der Waals surface area (Å²) < 4.78 is 1.65. The van der Waals surface area contributed by atoms with Gasteiger partial charge in [-0.05, 0) is 19.8 Å². The summed E-state index contributed by atoms with van der Waals surface area (Å²) in [6.07, 6.45) is 1.32. The van der Waals surface area contributed by atoms with Crippen LogP contribution in [-0.4, -0.2) is 63.9 Å². The quantitative estimate of drug-likeness (QED) is 0.807. The van der Waals surface area contributed by atoms with E-state index in [2.05, 4.69) is 10.4 Å². The molecule has 2 heterocycles. The Morgan fingerprint density at radius 1 is 1.52 bits per heavy atom. The Morgan fingerprint density at radius 2 is 2.20 bits per heavy atom. The van der Waals surface area contributed by atoms with E-state index in [1.807, 2.05) is 13.0 Å². The van der Waals surface area contributed by atoms with E-state index < -0.39 is 24.0 Å². The lowest BCUT2D eigenvalue weighted by molar-refractivity contribution is -0.141. The molecule has 1 aliphatic heterocycles. The predicted molar refractivity (Wildman–Crippen MR) is 91.3 cm³/mol. The minimum Gasteiger partial charge on any atom is -0.481 e. The number of aryl methyl sites for hydroxylation is 2. The molecular formula is C16H25N5O4. The zero-order valence-electron chi connectivity index (χ0n) is 15.0. The standard InChI is InChI=1S/C16H25N5O4/c1-10(15(23)24)9-19(3)16(25)17-12-6-5-7-21(14(12)22)13-8-11(2)18-20(13)4/h8,10,12H,5-7,9H2,1-4H3,(H,17,25)(H,23,24). The summed E-state index contributed by atoms with van der Waals surface area (Å²) in [5.74, 6) is -1.12. The highest BCUT2D eigenvalue weighted by Gasteiger charge is 2.33. The van der Waals surface area contributed by atoms with Crippen LogP contribution >= 0.6 is 0 Å². The summed E-state index contributed by atoms with van der Waals surface area (Å²) in [4.78, 5) is 38.8. The molecule has 2 N–H and O–H groups in total. The zero-order chi connectivity index (χ0) is 18.7. The van der Waals surface area contributed by atoms with Crippen molar-refractivity contribution in [2.24, 2.45) is 13.0 Å². The Hall–Kier alpha value is -2.58. The summed E-state index contributed by atoms with van der Waals surface area (Å²) in [7, 11) is 3.29. The average Bonchev–Trinajstić information content (AvgIpc) is 2.87. The fourth-order valence-electron chi connectivity index (χ4n) is 2.92. The molecule has 9 heteroatoms. The molecule has 0 aliphatic carbocycles. The van der Waals surface area contributed by atoms with Crippen molar-refractivity contribution >= 4 is 23.7 Å². The van der Waals surface area contributed by atoms with E-state index in [1.54, 1.807) is 16.6 Å². The molecule has 1 aliphatic rings. The maximum absolute atomic E-state index is 12.7. The number of aliphatic carboxylic acids is 1. The Morgan fingerprint density at radius 3 is 2.76 bits per heavy atom. The third-order valence-corrected chi connectivity index (χ3v) is 4.31. The van der Waals surface area contributed by atoms with Gasteiger partial charge >= 0.3 is 12.0 Å². The van der Waals surface area contributed by atoms with E-state index >= 15 is 0 Å². The van der Waals surface area contributed by atoms with E-state index in [1.165, 1.54) is 18.9 Å². The molecule has 3 amide bonds. The molecule has 1 aromatic heterocycles. The number of aromatic nitrogens is 2. The minimum absolute atomic E-state index is 0.0761. The highest BCUT2D eigenvalue weighted by molar-refractivity contribution is 5.99. The second-order valence-electron chi connectivity index (χ2n) is 6.52. The van der Waals surface area contributed by atoms with E-state index in [9.17, 15) is 14.4 Å². The molecule has 2 unspecified atom stereocenters. The highest BCUT2D eigenvalue weighted by Crippen LogP contribution is 2.21. The number of piperidine rings is 1. The minimum atomic E-state index is -0.967. The lowest BCUT2D eigenvalue weighted by Crippen LogP contribution is -2.55. The maximum Gasteiger partial charge on any atom is 0.317 e. The predicted octanol–water partition coefficient (Wildman–Crippen LogP) is 0.586. The number of carboxylic acids is 1. The molecule has 1 aromatic rings. The van der Waals surface area contributed by atoms with Gasteiger partial charge in [-0.25, -0.2) is 4.79 Å². The number of nitrogens with zero attached hydrogens (tertiary/aromatic N) is 4. The van der Waals surface area contributed by atoms with Gasteiger partial charge in [-0.15, -0.1) is 0 Å². The molecule has 9 nitrogen and oxygen atoms in total. The van der Waals surface area contributed by atoms with Crippen molar-refractivity contribution in [3.63, 3.8) is 0 Å². The second kappa shape index (κ2) is 7.54. The van der Waals surface area contributed by atoms with Crippen LogP contribution < -0.4 is 10.2 Å². The van der Waals surface area contributed by atoms with Crippen molar-refractivity contribution in [1.29, 1.82) is 0 Å². The lowest BCUT2D eigenvalue weighted by Gasteiger charge is -2.33. The van der Waals surface area contributed by atoms with Crippen LogP contribution in [0.4, 0.5) is 10.6 Å². The van der Waals surface area contributed by atoms with Crippen molar-refractivity contribution in [2.75, 3.05) is 25.0 Å². The number of nitrogens with one attached hydrogen (secondary N) is 1. The zero-order valence-corrected chi connectivity index (χ0v) is 15.0. The first-order valence-electron chi connectivity index (χ1n) is 8.27. The fourth-order valence-corrected chi connectivity index (χ4v) is 2.92. The molecule has 0 spiro atoms. The van der Waals surface area contributed by atoms with E-state index in [-0.39, 0.29) is 12.5 Å². The van der Waals surface area contributed by atoms with Gasteiger partial charge in [0.05, 0.1) is 11.6 Å². The van der Waals surface area contributed by atoms with Crippen LogP contribution in [0.15, 0.2) is 6.07 Å². The van der Waals surface area contributed by atoms with Crippen molar-refractivity contribution in [3.8, 4) is 0 Å². The number of rotatable bonds is 5. The average molecular weight is 351 g/mol. The number of carbonyl (C=O) groups excluding carboxylic acids is 2. The Labute approximate surface area is 146 Å². The molecule has 2 atom stereocenters. The first kappa shape index (κ1) is 18.8. The van der Waals surface area contributed by atoms with Crippen molar-refractivity contribution in [2.45, 2.75) is 32.7 Å². The SMILES string of the molecule is Cc1cc(N2CCCC(NC(=O)N(C)CC(C)C(=O)O)C2=O)n(C)n1. The van der Waals surface area contributed by atoms with Crippen LogP contribution in [0.25, 0.3) is 0 Å². The topological polar surface area (TPSA) is 108 Å². The highest BCUT2D eigenvalue weighted by atomic mass is 16.4. The van der Waals surface area contributed by atoms with Gasteiger partial charge in [0, 0.05) is 33.3 Å². The molecular weight excluding hydrogens is 326 g/mol. The Balaban J connectivity index is 2.02. The summed E-state index contributed by atoms with van der Waals surface area (Å²) in [5, 5.41) is 15.9. The van der Waals surface area contributed by atoms with Crippen LogP contribution in [0.5, 0.6) is 0 Å². The number of hydrogen-bond donors (Lipinski definition) is 2. The molecule has 25 heavy (non-hydrogen) atoms. The largest absolute Gasteiger partial charge is 0.481 e. The van der Waals surface area contributed by atoms with Gasteiger partial charge in [-0.2, -0.15) is 5.10 Å². The summed E-state index contributed by atoms with van der Waals surface area (Å²) >= 11 is 0. The van der Waals surface area contributed by atoms with Gasteiger partial charge in [-0.1, -0.05) is 6.92 Å². The van der Waals surface area contributed by atoms with E-state index in [0.717, 1.165) is 12.1 Å².